The van der Waals surface area contributed by atoms with Crippen LogP contribution in [0.3, 0.4) is 0 Å². The smallest absolute Gasteiger partial charge is 0.231 e. The molecule has 174 valence electrons. The minimum atomic E-state index is -0.291. The Hall–Kier alpha value is -3.68. The molecule has 0 spiro atoms. The molecular formula is C25H28N2O6. The van der Waals surface area contributed by atoms with Gasteiger partial charge in [-0.15, -0.1) is 0 Å². The first kappa shape index (κ1) is 22.5. The SMILES string of the molecule is COc1ccc([C@H]2C/C=C\C[C@@H](c3ccc4c(c3)OCO4)NC(=O)CCC(=O)N2)c(OC)c1. The van der Waals surface area contributed by atoms with Gasteiger partial charge in [-0.05, 0) is 42.7 Å². The van der Waals surface area contributed by atoms with Gasteiger partial charge in [-0.2, -0.15) is 0 Å². The third-order valence-corrected chi connectivity index (χ3v) is 5.77. The summed E-state index contributed by atoms with van der Waals surface area (Å²) >= 11 is 0. The minimum Gasteiger partial charge on any atom is -0.497 e. The van der Waals surface area contributed by atoms with Gasteiger partial charge in [0.15, 0.2) is 11.5 Å². The lowest BCUT2D eigenvalue weighted by Crippen LogP contribution is -2.32. The maximum Gasteiger partial charge on any atom is 0.231 e. The summed E-state index contributed by atoms with van der Waals surface area (Å²) in [5, 5.41) is 6.07. The van der Waals surface area contributed by atoms with Crippen LogP contribution < -0.4 is 29.6 Å². The van der Waals surface area contributed by atoms with E-state index in [-0.39, 0.29) is 43.5 Å². The van der Waals surface area contributed by atoms with E-state index in [9.17, 15) is 9.59 Å². The summed E-state index contributed by atoms with van der Waals surface area (Å²) in [4.78, 5) is 25.2. The van der Waals surface area contributed by atoms with Gasteiger partial charge >= 0.3 is 0 Å². The lowest BCUT2D eigenvalue weighted by molar-refractivity contribution is -0.127. The molecule has 2 atom stereocenters. The van der Waals surface area contributed by atoms with Crippen LogP contribution in [0.15, 0.2) is 48.6 Å². The Morgan fingerprint density at radius 2 is 1.52 bits per heavy atom. The molecule has 2 aliphatic heterocycles. The zero-order valence-corrected chi connectivity index (χ0v) is 18.8. The number of rotatable bonds is 4. The second-order valence-electron chi connectivity index (χ2n) is 7.90. The number of carbonyl (C=O) groups excluding carboxylic acids is 2. The fourth-order valence-corrected chi connectivity index (χ4v) is 4.00. The van der Waals surface area contributed by atoms with E-state index in [2.05, 4.69) is 10.6 Å². The Morgan fingerprint density at radius 3 is 2.24 bits per heavy atom. The number of carbonyl (C=O) groups is 2. The molecule has 2 aliphatic rings. The Labute approximate surface area is 192 Å². The quantitative estimate of drug-likeness (QED) is 0.689. The van der Waals surface area contributed by atoms with E-state index in [1.165, 1.54) is 0 Å². The minimum absolute atomic E-state index is 0.0956. The molecule has 2 N–H and O–H groups in total. The molecule has 8 heteroatoms. The predicted molar refractivity (Wildman–Crippen MR) is 121 cm³/mol. The van der Waals surface area contributed by atoms with Crippen molar-refractivity contribution in [2.75, 3.05) is 21.0 Å². The number of amides is 2. The normalized spacial score (nSPS) is 21.8. The van der Waals surface area contributed by atoms with E-state index >= 15 is 0 Å². The van der Waals surface area contributed by atoms with Gasteiger partial charge in [0.2, 0.25) is 18.6 Å². The highest BCUT2D eigenvalue weighted by Crippen LogP contribution is 2.35. The highest BCUT2D eigenvalue weighted by molar-refractivity contribution is 5.84. The number of ether oxygens (including phenoxy) is 4. The lowest BCUT2D eigenvalue weighted by Gasteiger charge is -2.22. The maximum absolute atomic E-state index is 12.6. The third kappa shape index (κ3) is 5.39. The van der Waals surface area contributed by atoms with Crippen molar-refractivity contribution < 1.29 is 28.5 Å². The molecule has 0 aliphatic carbocycles. The fourth-order valence-electron chi connectivity index (χ4n) is 4.00. The second-order valence-corrected chi connectivity index (χ2v) is 7.90. The van der Waals surface area contributed by atoms with Crippen molar-refractivity contribution in [2.45, 2.75) is 37.8 Å². The number of methoxy groups -OCH3 is 2. The van der Waals surface area contributed by atoms with E-state index in [1.807, 2.05) is 42.5 Å². The van der Waals surface area contributed by atoms with Gasteiger partial charge in [0.05, 0.1) is 26.3 Å². The van der Waals surface area contributed by atoms with Crippen molar-refractivity contribution in [3.05, 3.63) is 59.7 Å². The van der Waals surface area contributed by atoms with Crippen LogP contribution in [0.5, 0.6) is 23.0 Å². The molecule has 2 aromatic rings. The highest BCUT2D eigenvalue weighted by atomic mass is 16.7. The first-order valence-electron chi connectivity index (χ1n) is 10.9. The molecule has 0 unspecified atom stereocenters. The summed E-state index contributed by atoms with van der Waals surface area (Å²) in [6.45, 7) is 0.195. The van der Waals surface area contributed by atoms with Crippen molar-refractivity contribution in [3.63, 3.8) is 0 Å². The van der Waals surface area contributed by atoms with Crippen LogP contribution in [0, 0.1) is 0 Å². The topological polar surface area (TPSA) is 95.1 Å². The number of nitrogens with one attached hydrogen (secondary N) is 2. The van der Waals surface area contributed by atoms with Crippen molar-refractivity contribution in [1.82, 2.24) is 10.6 Å². The summed E-state index contributed by atoms with van der Waals surface area (Å²) in [5.41, 5.74) is 1.78. The lowest BCUT2D eigenvalue weighted by atomic mass is 9.99. The second kappa shape index (κ2) is 10.3. The average Bonchev–Trinajstić information content (AvgIpc) is 3.30. The van der Waals surface area contributed by atoms with Crippen molar-refractivity contribution in [3.8, 4) is 23.0 Å². The van der Waals surface area contributed by atoms with Crippen molar-refractivity contribution in [2.24, 2.45) is 0 Å². The van der Waals surface area contributed by atoms with Gasteiger partial charge in [-0.25, -0.2) is 0 Å². The van der Waals surface area contributed by atoms with E-state index in [1.54, 1.807) is 20.3 Å². The van der Waals surface area contributed by atoms with Gasteiger partial charge in [-0.3, -0.25) is 9.59 Å². The van der Waals surface area contributed by atoms with Gasteiger partial charge in [0.1, 0.15) is 11.5 Å². The molecule has 0 saturated carbocycles. The Kier molecular flexibility index (Phi) is 7.02. The van der Waals surface area contributed by atoms with Crippen LogP contribution in [0.25, 0.3) is 0 Å². The molecule has 33 heavy (non-hydrogen) atoms. The number of benzene rings is 2. The van der Waals surface area contributed by atoms with Crippen molar-refractivity contribution in [1.29, 1.82) is 0 Å². The molecule has 0 bridgehead atoms. The van der Waals surface area contributed by atoms with Gasteiger partial charge in [0, 0.05) is 24.5 Å². The summed E-state index contributed by atoms with van der Waals surface area (Å²) in [5.74, 6) is 2.30. The standard InChI is InChI=1S/C25H28N2O6/c1-30-17-8-9-18(22(14-17)31-2)20-6-4-3-5-19(26-24(28)11-12-25(29)27-20)16-7-10-21-23(13-16)33-15-32-21/h3-4,7-10,13-14,19-20H,5-6,11-12,15H2,1-2H3,(H,26,28)(H,27,29)/b4-3-/t19-,20+/m0/s1. The van der Waals surface area contributed by atoms with Crippen LogP contribution >= 0.6 is 0 Å². The zero-order chi connectivity index (χ0) is 23.2. The molecule has 2 amide bonds. The van der Waals surface area contributed by atoms with E-state index in [0.717, 1.165) is 11.1 Å². The number of hydrogen-bond acceptors (Lipinski definition) is 6. The highest BCUT2D eigenvalue weighted by Gasteiger charge is 2.22. The van der Waals surface area contributed by atoms with Gasteiger partial charge in [-0.1, -0.05) is 18.2 Å². The summed E-state index contributed by atoms with van der Waals surface area (Å²) < 4.78 is 21.7. The van der Waals surface area contributed by atoms with Crippen molar-refractivity contribution >= 4 is 11.8 Å². The fraction of sp³-hybridized carbons (Fsp3) is 0.360. The van der Waals surface area contributed by atoms with E-state index < -0.39 is 0 Å². The molecule has 4 rings (SSSR count). The molecule has 0 radical (unpaired) electrons. The van der Waals surface area contributed by atoms with Gasteiger partial charge < -0.3 is 29.6 Å². The molecule has 0 saturated heterocycles. The van der Waals surface area contributed by atoms with Crippen LogP contribution in [-0.2, 0) is 9.59 Å². The Morgan fingerprint density at radius 1 is 0.818 bits per heavy atom. The zero-order valence-electron chi connectivity index (χ0n) is 18.8. The first-order valence-corrected chi connectivity index (χ1v) is 10.9. The number of fused-ring (bicyclic) bond motifs is 1. The third-order valence-electron chi connectivity index (χ3n) is 5.77. The van der Waals surface area contributed by atoms with Gasteiger partial charge in [0.25, 0.3) is 0 Å². The maximum atomic E-state index is 12.6. The van der Waals surface area contributed by atoms with Crippen LogP contribution in [0.2, 0.25) is 0 Å². The molecule has 0 fully saturated rings. The van der Waals surface area contributed by atoms with Crippen LogP contribution in [0.1, 0.15) is 48.9 Å². The monoisotopic (exact) mass is 452 g/mol. The molecular weight excluding hydrogens is 424 g/mol. The summed E-state index contributed by atoms with van der Waals surface area (Å²) in [7, 11) is 3.18. The first-order chi connectivity index (χ1) is 16.1. The van der Waals surface area contributed by atoms with E-state index in [0.29, 0.717) is 35.8 Å². The van der Waals surface area contributed by atoms with E-state index in [4.69, 9.17) is 18.9 Å². The molecule has 0 aromatic heterocycles. The molecule has 8 nitrogen and oxygen atoms in total. The average molecular weight is 453 g/mol. The summed E-state index contributed by atoms with van der Waals surface area (Å²) in [6.07, 6.45) is 5.41. The Bertz CT molecular complexity index is 1050. The number of hydrogen-bond donors (Lipinski definition) is 2. The summed E-state index contributed by atoms with van der Waals surface area (Å²) in [6, 6.07) is 10.7. The predicted octanol–water partition coefficient (Wildman–Crippen LogP) is 3.58. The Balaban J connectivity index is 1.57. The van der Waals surface area contributed by atoms with Crippen LogP contribution in [0.4, 0.5) is 0 Å². The molecule has 2 heterocycles. The molecule has 2 aromatic carbocycles. The van der Waals surface area contributed by atoms with Crippen LogP contribution in [-0.4, -0.2) is 32.8 Å². The largest absolute Gasteiger partial charge is 0.497 e.